The third kappa shape index (κ3) is 5.07. The van der Waals surface area contributed by atoms with Crippen molar-refractivity contribution in [3.05, 3.63) is 48.7 Å². The Morgan fingerprint density at radius 3 is 2.65 bits per heavy atom. The predicted octanol–water partition coefficient (Wildman–Crippen LogP) is 3.27. The second-order valence-electron chi connectivity index (χ2n) is 5.90. The zero-order valence-electron chi connectivity index (χ0n) is 15.0. The van der Waals surface area contributed by atoms with Crippen molar-refractivity contribution in [2.75, 3.05) is 13.7 Å². The third-order valence-electron chi connectivity index (χ3n) is 4.11. The summed E-state index contributed by atoms with van der Waals surface area (Å²) in [4.78, 5) is 15.1. The van der Waals surface area contributed by atoms with Gasteiger partial charge in [0, 0.05) is 19.0 Å². The molecule has 0 fully saturated rings. The number of aromatic nitrogens is 1. The van der Waals surface area contributed by atoms with E-state index in [1.54, 1.807) is 13.3 Å². The van der Waals surface area contributed by atoms with Crippen molar-refractivity contribution in [2.45, 2.75) is 25.3 Å². The van der Waals surface area contributed by atoms with Gasteiger partial charge in [-0.1, -0.05) is 6.58 Å². The number of rotatable bonds is 10. The van der Waals surface area contributed by atoms with E-state index in [4.69, 9.17) is 15.6 Å². The number of hydrogen-bond acceptors (Lipinski definition) is 4. The highest BCUT2D eigenvalue weighted by Gasteiger charge is 2.10. The van der Waals surface area contributed by atoms with Gasteiger partial charge in [0.25, 0.3) is 0 Å². The van der Waals surface area contributed by atoms with E-state index in [0.29, 0.717) is 13.0 Å². The van der Waals surface area contributed by atoms with Crippen molar-refractivity contribution in [3.63, 3.8) is 0 Å². The molecule has 3 N–H and O–H groups in total. The molecule has 1 atom stereocenters. The summed E-state index contributed by atoms with van der Waals surface area (Å²) in [7, 11) is 1.64. The number of nitrogens with zero attached hydrogens (tertiary/aromatic N) is 2. The van der Waals surface area contributed by atoms with Gasteiger partial charge in [0.05, 0.1) is 18.5 Å². The number of carboxylic acids is 1. The fourth-order valence-electron chi connectivity index (χ4n) is 2.62. The molecule has 0 saturated carbocycles. The monoisotopic (exact) mass is 355 g/mol. The number of methoxy groups -OCH3 is 1. The van der Waals surface area contributed by atoms with Crippen molar-refractivity contribution < 1.29 is 14.6 Å². The van der Waals surface area contributed by atoms with Gasteiger partial charge in [0.15, 0.2) is 0 Å². The summed E-state index contributed by atoms with van der Waals surface area (Å²) < 4.78 is 7.17. The van der Waals surface area contributed by atoms with E-state index in [1.807, 2.05) is 47.2 Å². The van der Waals surface area contributed by atoms with E-state index in [0.717, 1.165) is 35.5 Å². The van der Waals surface area contributed by atoms with Crippen molar-refractivity contribution >= 4 is 18.4 Å². The lowest BCUT2D eigenvalue weighted by Gasteiger charge is -2.07. The van der Waals surface area contributed by atoms with E-state index in [9.17, 15) is 4.79 Å². The van der Waals surface area contributed by atoms with Gasteiger partial charge in [0.1, 0.15) is 11.8 Å². The van der Waals surface area contributed by atoms with Crippen molar-refractivity contribution in [3.8, 4) is 17.0 Å². The number of aliphatic carboxylic acids is 1. The van der Waals surface area contributed by atoms with Crippen LogP contribution in [0, 0.1) is 0 Å². The van der Waals surface area contributed by atoms with Crippen LogP contribution in [0.4, 0.5) is 0 Å². The molecule has 26 heavy (non-hydrogen) atoms. The average molecular weight is 355 g/mol. The van der Waals surface area contributed by atoms with Crippen LogP contribution in [0.2, 0.25) is 0 Å². The number of ether oxygens (including phenoxy) is 1. The molecule has 0 aliphatic rings. The second-order valence-corrected chi connectivity index (χ2v) is 5.90. The minimum Gasteiger partial charge on any atom is -0.497 e. The first-order valence-corrected chi connectivity index (χ1v) is 8.53. The highest BCUT2D eigenvalue weighted by molar-refractivity contribution is 5.82. The Balaban J connectivity index is 1.96. The predicted molar refractivity (Wildman–Crippen MR) is 105 cm³/mol. The Labute approximate surface area is 153 Å². The molecule has 1 aromatic heterocycles. The normalized spacial score (nSPS) is 12.2. The molecule has 0 aliphatic heterocycles. The van der Waals surface area contributed by atoms with Crippen molar-refractivity contribution in [1.29, 1.82) is 0 Å². The highest BCUT2D eigenvalue weighted by atomic mass is 16.5. The van der Waals surface area contributed by atoms with E-state index in [-0.39, 0.29) is 0 Å². The first-order valence-electron chi connectivity index (χ1n) is 8.53. The van der Waals surface area contributed by atoms with Gasteiger partial charge in [-0.25, -0.2) is 0 Å². The molecule has 0 unspecified atom stereocenters. The maximum absolute atomic E-state index is 10.7. The maximum atomic E-state index is 10.7. The molecule has 1 heterocycles. The SMILES string of the molecule is C=Cn1c(C=NCCCC[C@H](N)C(=O)O)ccc1-c1ccc(OC)cc1. The summed E-state index contributed by atoms with van der Waals surface area (Å²) in [5.74, 6) is -0.141. The Bertz CT molecular complexity index is 763. The number of nitrogens with two attached hydrogens (primary N) is 1. The Morgan fingerprint density at radius 2 is 2.04 bits per heavy atom. The summed E-state index contributed by atoms with van der Waals surface area (Å²) in [5, 5.41) is 8.74. The van der Waals surface area contributed by atoms with Gasteiger partial charge in [-0.05, 0) is 61.2 Å². The molecule has 6 heteroatoms. The molecule has 2 aromatic rings. The minimum absolute atomic E-state index is 0.468. The molecule has 0 radical (unpaired) electrons. The first-order chi connectivity index (χ1) is 12.6. The average Bonchev–Trinajstić information content (AvgIpc) is 3.07. The van der Waals surface area contributed by atoms with Gasteiger partial charge >= 0.3 is 5.97 Å². The lowest BCUT2D eigenvalue weighted by atomic mass is 10.1. The van der Waals surface area contributed by atoms with Gasteiger partial charge in [0.2, 0.25) is 0 Å². The highest BCUT2D eigenvalue weighted by Crippen LogP contribution is 2.24. The quantitative estimate of drug-likeness (QED) is 0.505. The molecule has 0 saturated heterocycles. The lowest BCUT2D eigenvalue weighted by Crippen LogP contribution is -2.29. The number of unbranched alkanes of at least 4 members (excludes halogenated alkanes) is 1. The fourth-order valence-corrected chi connectivity index (χ4v) is 2.62. The Kier molecular flexibility index (Phi) is 7.17. The van der Waals surface area contributed by atoms with Crippen LogP contribution in [0.5, 0.6) is 5.75 Å². The second kappa shape index (κ2) is 9.58. The van der Waals surface area contributed by atoms with Crippen LogP contribution < -0.4 is 10.5 Å². The third-order valence-corrected chi connectivity index (χ3v) is 4.11. The van der Waals surface area contributed by atoms with E-state index >= 15 is 0 Å². The maximum Gasteiger partial charge on any atom is 0.320 e. The van der Waals surface area contributed by atoms with Crippen LogP contribution in [-0.4, -0.2) is 41.6 Å². The van der Waals surface area contributed by atoms with Gasteiger partial charge in [-0.3, -0.25) is 9.79 Å². The van der Waals surface area contributed by atoms with E-state index < -0.39 is 12.0 Å². The molecule has 2 rings (SSSR count). The van der Waals surface area contributed by atoms with Gasteiger partial charge in [-0.2, -0.15) is 0 Å². The Hall–Kier alpha value is -2.86. The van der Waals surface area contributed by atoms with Crippen LogP contribution in [0.15, 0.2) is 48.0 Å². The number of hydrogen-bond donors (Lipinski definition) is 2. The van der Waals surface area contributed by atoms with Crippen LogP contribution in [0.25, 0.3) is 17.5 Å². The van der Waals surface area contributed by atoms with Crippen LogP contribution >= 0.6 is 0 Å². The Morgan fingerprint density at radius 1 is 1.31 bits per heavy atom. The minimum atomic E-state index is -0.955. The van der Waals surface area contributed by atoms with E-state index in [1.165, 1.54) is 0 Å². The molecular weight excluding hydrogens is 330 g/mol. The van der Waals surface area contributed by atoms with Crippen LogP contribution in [0.1, 0.15) is 25.0 Å². The van der Waals surface area contributed by atoms with Crippen LogP contribution in [-0.2, 0) is 4.79 Å². The molecule has 6 nitrogen and oxygen atoms in total. The number of benzene rings is 1. The molecule has 0 spiro atoms. The standard InChI is InChI=1S/C20H25N3O3/c1-3-23-16(14-22-13-5-4-6-18(21)20(24)25)9-12-19(23)15-7-10-17(26-2)11-8-15/h3,7-12,14,18H,1,4-6,13,21H2,2H3,(H,24,25)/t18-/m0/s1. The molecule has 1 aromatic carbocycles. The smallest absolute Gasteiger partial charge is 0.320 e. The topological polar surface area (TPSA) is 89.8 Å². The van der Waals surface area contributed by atoms with Crippen molar-refractivity contribution in [2.24, 2.45) is 10.7 Å². The largest absolute Gasteiger partial charge is 0.497 e. The number of carboxylic acid groups (broad SMARTS) is 1. The molecule has 138 valence electrons. The van der Waals surface area contributed by atoms with E-state index in [2.05, 4.69) is 11.6 Å². The summed E-state index contributed by atoms with van der Waals surface area (Å²) >= 11 is 0. The molecule has 0 aliphatic carbocycles. The van der Waals surface area contributed by atoms with Gasteiger partial charge < -0.3 is 20.1 Å². The van der Waals surface area contributed by atoms with Crippen LogP contribution in [0.3, 0.4) is 0 Å². The summed E-state index contributed by atoms with van der Waals surface area (Å²) in [5.41, 5.74) is 8.50. The zero-order chi connectivity index (χ0) is 18.9. The summed E-state index contributed by atoms with van der Waals surface area (Å²) in [6.07, 6.45) is 5.58. The van der Waals surface area contributed by atoms with Gasteiger partial charge in [-0.15, -0.1) is 0 Å². The number of carbonyl (C=O) groups is 1. The first kappa shape index (κ1) is 19.5. The number of aliphatic imine (C=N–C) groups is 1. The molecule has 0 bridgehead atoms. The molecule has 0 amide bonds. The molecular formula is C20H25N3O3. The summed E-state index contributed by atoms with van der Waals surface area (Å²) in [6, 6.07) is 11.1. The lowest BCUT2D eigenvalue weighted by molar-refractivity contribution is -0.138. The summed E-state index contributed by atoms with van der Waals surface area (Å²) in [6.45, 7) is 4.52. The zero-order valence-corrected chi connectivity index (χ0v) is 15.0. The fraction of sp³-hybridized carbons (Fsp3) is 0.300. The van der Waals surface area contributed by atoms with Crippen molar-refractivity contribution in [1.82, 2.24) is 4.57 Å².